The Morgan fingerprint density at radius 1 is 0.403 bits per heavy atom. The highest BCUT2D eigenvalue weighted by Gasteiger charge is 2.47. The van der Waals surface area contributed by atoms with E-state index in [1.54, 1.807) is 0 Å². The number of hydrogen-bond acceptors (Lipinski definition) is 10. The van der Waals surface area contributed by atoms with Crippen molar-refractivity contribution in [2.24, 2.45) is 0 Å². The summed E-state index contributed by atoms with van der Waals surface area (Å²) in [5, 5.41) is 40.0. The van der Waals surface area contributed by atoms with Crippen LogP contribution in [-0.4, -0.2) is 88.4 Å². The van der Waals surface area contributed by atoms with E-state index >= 15 is 0 Å². The highest BCUT2D eigenvalue weighted by Crippen LogP contribution is 2.24. The van der Waals surface area contributed by atoms with Crippen molar-refractivity contribution in [3.05, 3.63) is 0 Å². The third-order valence-corrected chi connectivity index (χ3v) is 13.7. The van der Waals surface area contributed by atoms with Crippen molar-refractivity contribution in [1.82, 2.24) is 0 Å². The number of aliphatic hydroxyl groups excluding tert-OH is 3. The van der Waals surface area contributed by atoms with E-state index in [0.29, 0.717) is 12.8 Å². The van der Waals surface area contributed by atoms with Gasteiger partial charge in [-0.25, -0.2) is 4.79 Å². The van der Waals surface area contributed by atoms with E-state index < -0.39 is 54.7 Å². The molecule has 0 aromatic rings. The van der Waals surface area contributed by atoms with Crippen LogP contribution < -0.4 is 0 Å². The maximum atomic E-state index is 12.9. The summed E-state index contributed by atoms with van der Waals surface area (Å²) in [6.07, 6.45) is 43.0. The molecule has 0 saturated carbocycles. The van der Waals surface area contributed by atoms with Gasteiger partial charge in [0, 0.05) is 12.8 Å². The molecule has 1 rings (SSSR count). The molecule has 0 aromatic carbocycles. The number of hydrogen-bond donors (Lipinski definition) is 4. The van der Waals surface area contributed by atoms with E-state index in [-0.39, 0.29) is 26.1 Å². The summed E-state index contributed by atoms with van der Waals surface area (Å²) >= 11 is 0. The van der Waals surface area contributed by atoms with Gasteiger partial charge in [0.1, 0.15) is 24.9 Å². The summed E-state index contributed by atoms with van der Waals surface area (Å²) in [6.45, 7) is 3.89. The van der Waals surface area contributed by atoms with Gasteiger partial charge >= 0.3 is 17.9 Å². The van der Waals surface area contributed by atoms with Crippen LogP contribution in [0.4, 0.5) is 0 Å². The molecule has 1 saturated heterocycles. The number of ether oxygens (including phenoxy) is 4. The van der Waals surface area contributed by atoms with Crippen molar-refractivity contribution in [1.29, 1.82) is 0 Å². The third-order valence-electron chi connectivity index (χ3n) is 13.7. The third kappa shape index (κ3) is 37.7. The minimum atomic E-state index is -1.86. The fourth-order valence-electron chi connectivity index (χ4n) is 9.24. The Morgan fingerprint density at radius 2 is 0.701 bits per heavy atom. The molecule has 4 N–H and O–H groups in total. The number of rotatable bonds is 50. The second-order valence-electron chi connectivity index (χ2n) is 20.2. The van der Waals surface area contributed by atoms with Crippen LogP contribution in [0.2, 0.25) is 0 Å². The summed E-state index contributed by atoms with van der Waals surface area (Å²) in [5.41, 5.74) is 0. The molecule has 1 aliphatic rings. The first-order valence-electron chi connectivity index (χ1n) is 28.6. The van der Waals surface area contributed by atoms with Crippen molar-refractivity contribution in [3.8, 4) is 0 Å². The number of carboxylic acids is 1. The van der Waals surface area contributed by atoms with E-state index in [1.807, 2.05) is 0 Å². The highest BCUT2D eigenvalue weighted by molar-refractivity contribution is 5.73. The molecular formula is C56H106O11. The van der Waals surface area contributed by atoms with Gasteiger partial charge in [0.2, 0.25) is 0 Å². The van der Waals surface area contributed by atoms with Crippen molar-refractivity contribution in [2.45, 2.75) is 327 Å². The minimum Gasteiger partial charge on any atom is -0.479 e. The number of aliphatic carboxylic acids is 1. The lowest BCUT2D eigenvalue weighted by Gasteiger charge is -2.38. The molecule has 1 fully saturated rings. The molecule has 6 unspecified atom stereocenters. The Balaban J connectivity index is 2.22. The Bertz CT molecular complexity index is 1120. The molecule has 0 aliphatic carbocycles. The van der Waals surface area contributed by atoms with Gasteiger partial charge in [-0.15, -0.1) is 0 Å². The summed E-state index contributed by atoms with van der Waals surface area (Å²) in [7, 11) is 0. The van der Waals surface area contributed by atoms with Crippen molar-refractivity contribution in [3.63, 3.8) is 0 Å². The van der Waals surface area contributed by atoms with Crippen molar-refractivity contribution >= 4 is 17.9 Å². The van der Waals surface area contributed by atoms with Crippen LogP contribution >= 0.6 is 0 Å². The SMILES string of the molecule is CCCCCCCCCCCCCCCCCCCCCCCCC(=O)OCC(COC1OC(C(=O)O)C(O)C(O)C1O)OC(=O)CCCCCCCCCCCCCCCCCCCCC. The summed E-state index contributed by atoms with van der Waals surface area (Å²) < 4.78 is 21.9. The highest BCUT2D eigenvalue weighted by atomic mass is 16.7. The average molecular weight is 955 g/mol. The first-order chi connectivity index (χ1) is 32.7. The monoisotopic (exact) mass is 955 g/mol. The molecule has 0 bridgehead atoms. The normalized spacial score (nSPS) is 18.9. The molecule has 0 spiro atoms. The van der Waals surface area contributed by atoms with Crippen LogP contribution in [0.15, 0.2) is 0 Å². The molecule has 11 nitrogen and oxygen atoms in total. The molecule has 0 radical (unpaired) electrons. The molecule has 1 heterocycles. The molecule has 11 heteroatoms. The van der Waals surface area contributed by atoms with Gasteiger partial charge in [-0.3, -0.25) is 9.59 Å². The molecule has 396 valence electrons. The lowest BCUT2D eigenvalue weighted by atomic mass is 9.99. The zero-order valence-corrected chi connectivity index (χ0v) is 43.4. The fraction of sp³-hybridized carbons (Fsp3) is 0.946. The van der Waals surface area contributed by atoms with E-state index in [0.717, 1.165) is 38.5 Å². The van der Waals surface area contributed by atoms with Gasteiger partial charge in [-0.2, -0.15) is 0 Å². The summed E-state index contributed by atoms with van der Waals surface area (Å²) in [5.74, 6) is -2.41. The summed E-state index contributed by atoms with van der Waals surface area (Å²) in [4.78, 5) is 37.1. The second-order valence-corrected chi connectivity index (χ2v) is 20.2. The van der Waals surface area contributed by atoms with Crippen molar-refractivity contribution < 1.29 is 53.8 Å². The topological polar surface area (TPSA) is 169 Å². The standard InChI is InChI=1S/C56H106O11/c1-3-5-7-9-11-13-15-17-19-21-23-24-25-27-28-30-32-34-36-38-40-42-44-49(57)64-46-48(47-65-56-53(61)51(59)52(60)54(67-56)55(62)63)66-50(58)45-43-41-39-37-35-33-31-29-26-22-20-18-16-14-12-10-8-6-4-2/h48,51-54,56,59-61H,3-47H2,1-2H3,(H,62,63). The predicted octanol–water partition coefficient (Wildman–Crippen LogP) is 14.2. The molecule has 0 aromatic heterocycles. The Morgan fingerprint density at radius 3 is 1.01 bits per heavy atom. The number of carboxylic acid groups (broad SMARTS) is 1. The Hall–Kier alpha value is -1.79. The molecular weight excluding hydrogens is 849 g/mol. The lowest BCUT2D eigenvalue weighted by Crippen LogP contribution is -2.60. The van der Waals surface area contributed by atoms with Crippen LogP contribution in [0.5, 0.6) is 0 Å². The van der Waals surface area contributed by atoms with Crippen LogP contribution in [-0.2, 0) is 33.3 Å². The maximum Gasteiger partial charge on any atom is 0.335 e. The van der Waals surface area contributed by atoms with Crippen LogP contribution in [0, 0.1) is 0 Å². The minimum absolute atomic E-state index is 0.192. The summed E-state index contributed by atoms with van der Waals surface area (Å²) in [6, 6.07) is 0. The molecule has 6 atom stereocenters. The largest absolute Gasteiger partial charge is 0.479 e. The van der Waals surface area contributed by atoms with Gasteiger partial charge in [-0.1, -0.05) is 264 Å². The van der Waals surface area contributed by atoms with Gasteiger partial charge in [0.05, 0.1) is 6.61 Å². The lowest BCUT2D eigenvalue weighted by molar-refractivity contribution is -0.298. The first kappa shape index (κ1) is 63.2. The van der Waals surface area contributed by atoms with E-state index in [9.17, 15) is 34.8 Å². The number of esters is 2. The van der Waals surface area contributed by atoms with Crippen LogP contribution in [0.25, 0.3) is 0 Å². The Kier molecular flexibility index (Phi) is 44.0. The molecule has 0 amide bonds. The quantitative estimate of drug-likeness (QED) is 0.0338. The average Bonchev–Trinajstić information content (AvgIpc) is 3.31. The zero-order chi connectivity index (χ0) is 48.8. The van der Waals surface area contributed by atoms with E-state index in [4.69, 9.17) is 18.9 Å². The second kappa shape index (κ2) is 46.6. The van der Waals surface area contributed by atoms with Gasteiger partial charge < -0.3 is 39.4 Å². The van der Waals surface area contributed by atoms with Gasteiger partial charge in [-0.05, 0) is 12.8 Å². The Labute approximate surface area is 410 Å². The van der Waals surface area contributed by atoms with Gasteiger partial charge in [0.15, 0.2) is 18.5 Å². The fourth-order valence-corrected chi connectivity index (χ4v) is 9.24. The number of carbonyl (C=O) groups is 3. The van der Waals surface area contributed by atoms with Crippen molar-refractivity contribution in [2.75, 3.05) is 13.2 Å². The maximum absolute atomic E-state index is 12.9. The van der Waals surface area contributed by atoms with Crippen LogP contribution in [0.3, 0.4) is 0 Å². The number of aliphatic hydroxyl groups is 3. The molecule has 67 heavy (non-hydrogen) atoms. The smallest absolute Gasteiger partial charge is 0.335 e. The van der Waals surface area contributed by atoms with E-state index in [2.05, 4.69) is 13.8 Å². The molecule has 1 aliphatic heterocycles. The zero-order valence-electron chi connectivity index (χ0n) is 43.4. The first-order valence-corrected chi connectivity index (χ1v) is 28.6. The predicted molar refractivity (Wildman–Crippen MR) is 271 cm³/mol. The number of unbranched alkanes of at least 4 members (excludes halogenated alkanes) is 39. The van der Waals surface area contributed by atoms with E-state index in [1.165, 1.54) is 212 Å². The number of carbonyl (C=O) groups excluding carboxylic acids is 2. The van der Waals surface area contributed by atoms with Crippen LogP contribution in [0.1, 0.15) is 290 Å². The van der Waals surface area contributed by atoms with Gasteiger partial charge in [0.25, 0.3) is 0 Å².